The van der Waals surface area contributed by atoms with E-state index in [0.717, 1.165) is 5.56 Å². The summed E-state index contributed by atoms with van der Waals surface area (Å²) in [6, 6.07) is 15.6. The van der Waals surface area contributed by atoms with Gasteiger partial charge in [0.15, 0.2) is 0 Å². The van der Waals surface area contributed by atoms with Crippen LogP contribution < -0.4 is 10.3 Å². The second-order valence-electron chi connectivity index (χ2n) is 4.67. The van der Waals surface area contributed by atoms with E-state index < -0.39 is 15.9 Å². The van der Waals surface area contributed by atoms with Crippen LogP contribution >= 0.6 is 0 Å². The van der Waals surface area contributed by atoms with Gasteiger partial charge >= 0.3 is 0 Å². The zero-order chi connectivity index (χ0) is 15.3. The molecular formula is C15H16N2O3S. The fourth-order valence-electron chi connectivity index (χ4n) is 1.73. The van der Waals surface area contributed by atoms with Gasteiger partial charge in [-0.15, -0.1) is 4.83 Å². The minimum absolute atomic E-state index is 0.192. The van der Waals surface area contributed by atoms with E-state index in [1.54, 1.807) is 48.5 Å². The Labute approximate surface area is 124 Å². The minimum atomic E-state index is -3.63. The normalized spacial score (nSPS) is 11.1. The van der Waals surface area contributed by atoms with E-state index in [2.05, 4.69) is 10.3 Å². The fraction of sp³-hybridized carbons (Fsp3) is 0.133. The maximum absolute atomic E-state index is 11.9. The van der Waals surface area contributed by atoms with Gasteiger partial charge in [0.05, 0.1) is 5.75 Å². The Bertz CT molecular complexity index is 710. The van der Waals surface area contributed by atoms with Crippen molar-refractivity contribution in [3.63, 3.8) is 0 Å². The third-order valence-corrected chi connectivity index (χ3v) is 3.96. The average Bonchev–Trinajstić information content (AvgIpc) is 2.46. The van der Waals surface area contributed by atoms with Gasteiger partial charge in [-0.3, -0.25) is 10.2 Å². The lowest BCUT2D eigenvalue weighted by atomic mass is 10.1. The predicted octanol–water partition coefficient (Wildman–Crippen LogP) is 1.76. The molecule has 2 rings (SSSR count). The Hall–Kier alpha value is -2.18. The number of benzene rings is 2. The van der Waals surface area contributed by atoms with Crippen LogP contribution in [0.4, 0.5) is 0 Å². The molecule has 1 amide bonds. The van der Waals surface area contributed by atoms with Crippen LogP contribution in [0.15, 0.2) is 54.6 Å². The van der Waals surface area contributed by atoms with Crippen LogP contribution in [0, 0.1) is 6.92 Å². The molecule has 0 spiro atoms. The topological polar surface area (TPSA) is 75.3 Å². The summed E-state index contributed by atoms with van der Waals surface area (Å²) in [4.78, 5) is 13.9. The molecule has 6 heteroatoms. The Morgan fingerprint density at radius 1 is 1.00 bits per heavy atom. The highest BCUT2D eigenvalue weighted by atomic mass is 32.2. The lowest BCUT2D eigenvalue weighted by Crippen LogP contribution is -2.42. The molecule has 2 aromatic carbocycles. The zero-order valence-corrected chi connectivity index (χ0v) is 12.4. The molecule has 0 aliphatic carbocycles. The van der Waals surface area contributed by atoms with E-state index in [4.69, 9.17) is 0 Å². The SMILES string of the molecule is Cc1ccc(C(=O)NNS(=O)(=O)Cc2ccccc2)cc1. The van der Waals surface area contributed by atoms with E-state index in [-0.39, 0.29) is 5.75 Å². The van der Waals surface area contributed by atoms with Gasteiger partial charge in [-0.1, -0.05) is 48.0 Å². The smallest absolute Gasteiger partial charge is 0.266 e. The summed E-state index contributed by atoms with van der Waals surface area (Å²) in [5, 5.41) is 0. The first-order valence-corrected chi connectivity index (χ1v) is 8.02. The van der Waals surface area contributed by atoms with Gasteiger partial charge < -0.3 is 0 Å². The molecule has 5 nitrogen and oxygen atoms in total. The van der Waals surface area contributed by atoms with E-state index in [9.17, 15) is 13.2 Å². The summed E-state index contributed by atoms with van der Waals surface area (Å²) in [7, 11) is -3.63. The van der Waals surface area contributed by atoms with Gasteiger partial charge in [0.1, 0.15) is 0 Å². The highest BCUT2D eigenvalue weighted by Crippen LogP contribution is 2.04. The van der Waals surface area contributed by atoms with Crippen LogP contribution in [0.3, 0.4) is 0 Å². The van der Waals surface area contributed by atoms with Gasteiger partial charge in [0.25, 0.3) is 5.91 Å². The van der Waals surface area contributed by atoms with Crippen molar-refractivity contribution in [3.05, 3.63) is 71.3 Å². The lowest BCUT2D eigenvalue weighted by molar-refractivity contribution is 0.0945. The largest absolute Gasteiger partial charge is 0.274 e. The van der Waals surface area contributed by atoms with E-state index in [1.807, 2.05) is 13.0 Å². The second-order valence-corrected chi connectivity index (χ2v) is 6.39. The third kappa shape index (κ3) is 4.70. The molecule has 0 bridgehead atoms. The molecular weight excluding hydrogens is 288 g/mol. The zero-order valence-electron chi connectivity index (χ0n) is 11.5. The first kappa shape index (κ1) is 15.2. The van der Waals surface area contributed by atoms with Gasteiger partial charge in [-0.2, -0.15) is 0 Å². The molecule has 0 aliphatic heterocycles. The maximum Gasteiger partial charge on any atom is 0.266 e. The Balaban J connectivity index is 1.95. The summed E-state index contributed by atoms with van der Waals surface area (Å²) in [5.41, 5.74) is 4.27. The predicted molar refractivity (Wildman–Crippen MR) is 80.8 cm³/mol. The number of amides is 1. The van der Waals surface area contributed by atoms with Crippen molar-refractivity contribution in [2.75, 3.05) is 0 Å². The van der Waals surface area contributed by atoms with E-state index in [1.165, 1.54) is 0 Å². The first-order chi connectivity index (χ1) is 9.96. The third-order valence-electron chi connectivity index (χ3n) is 2.83. The number of rotatable bonds is 5. The summed E-state index contributed by atoms with van der Waals surface area (Å²) in [5.74, 6) is -0.686. The minimum Gasteiger partial charge on any atom is -0.274 e. The number of sulfonamides is 1. The quantitative estimate of drug-likeness (QED) is 0.827. The molecule has 0 saturated carbocycles. The van der Waals surface area contributed by atoms with Crippen molar-refractivity contribution in [1.29, 1.82) is 0 Å². The van der Waals surface area contributed by atoms with Crippen LogP contribution in [0.25, 0.3) is 0 Å². The van der Waals surface area contributed by atoms with Crippen LogP contribution in [0.5, 0.6) is 0 Å². The standard InChI is InChI=1S/C15H16N2O3S/c1-12-7-9-14(10-8-12)15(18)16-17-21(19,20)11-13-5-3-2-4-6-13/h2-10,17H,11H2,1H3,(H,16,18). The number of aryl methyl sites for hydroxylation is 1. The highest BCUT2D eigenvalue weighted by molar-refractivity contribution is 7.88. The number of hydrazine groups is 1. The van der Waals surface area contributed by atoms with Crippen molar-refractivity contribution in [3.8, 4) is 0 Å². The molecule has 21 heavy (non-hydrogen) atoms. The van der Waals surface area contributed by atoms with Gasteiger partial charge in [-0.05, 0) is 24.6 Å². The molecule has 2 N–H and O–H groups in total. The molecule has 0 saturated heterocycles. The molecule has 2 aromatic rings. The summed E-state index contributed by atoms with van der Waals surface area (Å²) < 4.78 is 23.7. The van der Waals surface area contributed by atoms with E-state index in [0.29, 0.717) is 11.1 Å². The van der Waals surface area contributed by atoms with Crippen molar-refractivity contribution < 1.29 is 13.2 Å². The van der Waals surface area contributed by atoms with Crippen LogP contribution in [0.2, 0.25) is 0 Å². The molecule has 0 aliphatic rings. The molecule has 0 aromatic heterocycles. The number of hydrogen-bond donors (Lipinski definition) is 2. The monoisotopic (exact) mass is 304 g/mol. The van der Waals surface area contributed by atoms with Crippen LogP contribution in [-0.2, 0) is 15.8 Å². The van der Waals surface area contributed by atoms with Crippen LogP contribution in [0.1, 0.15) is 21.5 Å². The molecule has 0 unspecified atom stereocenters. The van der Waals surface area contributed by atoms with Gasteiger partial charge in [0, 0.05) is 5.56 Å². The van der Waals surface area contributed by atoms with Crippen molar-refractivity contribution >= 4 is 15.9 Å². The Morgan fingerprint density at radius 2 is 1.62 bits per heavy atom. The lowest BCUT2D eigenvalue weighted by Gasteiger charge is -2.08. The van der Waals surface area contributed by atoms with Crippen molar-refractivity contribution in [1.82, 2.24) is 10.3 Å². The maximum atomic E-state index is 11.9. The van der Waals surface area contributed by atoms with Gasteiger partial charge in [-0.25, -0.2) is 8.42 Å². The number of carbonyl (C=O) groups is 1. The molecule has 0 atom stereocenters. The number of carbonyl (C=O) groups excluding carboxylic acids is 1. The highest BCUT2D eigenvalue weighted by Gasteiger charge is 2.13. The molecule has 0 radical (unpaired) electrons. The average molecular weight is 304 g/mol. The molecule has 0 heterocycles. The van der Waals surface area contributed by atoms with Crippen LogP contribution in [-0.4, -0.2) is 14.3 Å². The first-order valence-electron chi connectivity index (χ1n) is 6.37. The van der Waals surface area contributed by atoms with Crippen molar-refractivity contribution in [2.45, 2.75) is 12.7 Å². The fourth-order valence-corrected chi connectivity index (χ4v) is 2.68. The van der Waals surface area contributed by atoms with Crippen molar-refractivity contribution in [2.24, 2.45) is 0 Å². The Kier molecular flexibility index (Phi) is 4.72. The number of nitrogens with one attached hydrogen (secondary N) is 2. The summed E-state index contributed by atoms with van der Waals surface area (Å²) in [6.07, 6.45) is 0. The van der Waals surface area contributed by atoms with E-state index >= 15 is 0 Å². The summed E-state index contributed by atoms with van der Waals surface area (Å²) in [6.45, 7) is 1.91. The Morgan fingerprint density at radius 3 is 2.24 bits per heavy atom. The molecule has 0 fully saturated rings. The summed E-state index contributed by atoms with van der Waals surface area (Å²) >= 11 is 0. The molecule has 110 valence electrons. The van der Waals surface area contributed by atoms with Gasteiger partial charge in [0.2, 0.25) is 10.0 Å². The number of hydrogen-bond acceptors (Lipinski definition) is 3. The second kappa shape index (κ2) is 6.51.